The Labute approximate surface area is 115 Å². The number of pyridine rings is 1. The fourth-order valence-electron chi connectivity index (χ4n) is 2.22. The summed E-state index contributed by atoms with van der Waals surface area (Å²) in [6, 6.07) is 4.17. The van der Waals surface area contributed by atoms with Crippen molar-refractivity contribution in [3.8, 4) is 0 Å². The monoisotopic (exact) mass is 311 g/mol. The van der Waals surface area contributed by atoms with Gasteiger partial charge in [-0.05, 0) is 59.0 Å². The molecular formula is C14H15BrClN. The Kier molecular flexibility index (Phi) is 3.46. The van der Waals surface area contributed by atoms with Crippen molar-refractivity contribution in [2.45, 2.75) is 33.6 Å². The molecule has 0 amide bonds. The number of benzene rings is 1. The van der Waals surface area contributed by atoms with E-state index in [1.807, 2.05) is 6.92 Å². The third-order valence-corrected chi connectivity index (χ3v) is 3.94. The van der Waals surface area contributed by atoms with E-state index in [0.29, 0.717) is 5.92 Å². The smallest absolute Gasteiger partial charge is 0.0862 e. The van der Waals surface area contributed by atoms with Crippen molar-refractivity contribution in [3.05, 3.63) is 38.4 Å². The number of aromatic nitrogens is 1. The van der Waals surface area contributed by atoms with E-state index in [1.54, 1.807) is 0 Å². The number of halogens is 2. The van der Waals surface area contributed by atoms with E-state index in [4.69, 9.17) is 11.6 Å². The van der Waals surface area contributed by atoms with Crippen LogP contribution in [0, 0.1) is 13.8 Å². The zero-order valence-electron chi connectivity index (χ0n) is 10.4. The lowest BCUT2D eigenvalue weighted by Crippen LogP contribution is -1.99. The molecule has 0 spiro atoms. The summed E-state index contributed by atoms with van der Waals surface area (Å²) in [5.74, 6) is 0.388. The summed E-state index contributed by atoms with van der Waals surface area (Å²) in [5.41, 5.74) is 4.30. The van der Waals surface area contributed by atoms with Crippen molar-refractivity contribution in [1.82, 2.24) is 4.98 Å². The van der Waals surface area contributed by atoms with Crippen LogP contribution in [0.25, 0.3) is 10.9 Å². The van der Waals surface area contributed by atoms with Crippen molar-refractivity contribution >= 4 is 38.4 Å². The van der Waals surface area contributed by atoms with Gasteiger partial charge in [-0.15, -0.1) is 0 Å². The summed E-state index contributed by atoms with van der Waals surface area (Å²) in [6.45, 7) is 8.38. The molecule has 0 saturated carbocycles. The van der Waals surface area contributed by atoms with Crippen molar-refractivity contribution in [2.75, 3.05) is 0 Å². The van der Waals surface area contributed by atoms with Crippen LogP contribution in [-0.2, 0) is 0 Å². The number of hydrogen-bond donors (Lipinski definition) is 0. The highest BCUT2D eigenvalue weighted by atomic mass is 79.9. The second kappa shape index (κ2) is 4.58. The predicted molar refractivity (Wildman–Crippen MR) is 78.0 cm³/mol. The van der Waals surface area contributed by atoms with E-state index < -0.39 is 0 Å². The number of rotatable bonds is 1. The minimum Gasteiger partial charge on any atom is -0.252 e. The summed E-state index contributed by atoms with van der Waals surface area (Å²) in [5, 5.41) is 1.87. The average molecular weight is 313 g/mol. The van der Waals surface area contributed by atoms with E-state index in [0.717, 1.165) is 31.7 Å². The summed E-state index contributed by atoms with van der Waals surface area (Å²) in [4.78, 5) is 4.67. The summed E-state index contributed by atoms with van der Waals surface area (Å²) in [6.07, 6.45) is 0. The Morgan fingerprint density at radius 2 is 1.88 bits per heavy atom. The number of hydrogen-bond acceptors (Lipinski definition) is 1. The second-order valence-electron chi connectivity index (χ2n) is 4.72. The van der Waals surface area contributed by atoms with Crippen LogP contribution in [0.3, 0.4) is 0 Å². The number of aryl methyl sites for hydroxylation is 2. The lowest BCUT2D eigenvalue weighted by atomic mass is 9.99. The van der Waals surface area contributed by atoms with Gasteiger partial charge in [-0.1, -0.05) is 25.4 Å². The van der Waals surface area contributed by atoms with E-state index >= 15 is 0 Å². The fraction of sp³-hybridized carbons (Fsp3) is 0.357. The highest BCUT2D eigenvalue weighted by Gasteiger charge is 2.15. The zero-order valence-corrected chi connectivity index (χ0v) is 12.8. The highest BCUT2D eigenvalue weighted by molar-refractivity contribution is 9.10. The molecule has 0 N–H and O–H groups in total. The summed E-state index contributed by atoms with van der Waals surface area (Å²) >= 11 is 10.1. The van der Waals surface area contributed by atoms with E-state index in [-0.39, 0.29) is 0 Å². The van der Waals surface area contributed by atoms with Crippen LogP contribution in [0.5, 0.6) is 0 Å². The third-order valence-electron chi connectivity index (χ3n) is 2.93. The first-order valence-electron chi connectivity index (χ1n) is 5.67. The van der Waals surface area contributed by atoms with Crippen LogP contribution >= 0.6 is 27.5 Å². The molecule has 0 unspecified atom stereocenters. The van der Waals surface area contributed by atoms with Gasteiger partial charge in [0.2, 0.25) is 0 Å². The topological polar surface area (TPSA) is 12.9 Å². The minimum atomic E-state index is 0.388. The molecule has 1 nitrogen and oxygen atoms in total. The van der Waals surface area contributed by atoms with E-state index in [9.17, 15) is 0 Å². The molecule has 0 bridgehead atoms. The van der Waals surface area contributed by atoms with Gasteiger partial charge in [-0.3, -0.25) is 4.98 Å². The van der Waals surface area contributed by atoms with E-state index in [2.05, 4.69) is 53.8 Å². The molecule has 0 radical (unpaired) electrons. The van der Waals surface area contributed by atoms with Crippen LogP contribution in [0.15, 0.2) is 16.6 Å². The number of fused-ring (bicyclic) bond motifs is 1. The number of nitrogens with zero attached hydrogens (tertiary/aromatic N) is 1. The first kappa shape index (κ1) is 12.8. The van der Waals surface area contributed by atoms with Gasteiger partial charge in [0.15, 0.2) is 0 Å². The molecule has 2 aromatic rings. The molecule has 0 saturated heterocycles. The Hall–Kier alpha value is -0.600. The molecule has 1 aromatic heterocycles. The molecule has 17 heavy (non-hydrogen) atoms. The highest BCUT2D eigenvalue weighted by Crippen LogP contribution is 2.36. The largest absolute Gasteiger partial charge is 0.252 e. The first-order valence-corrected chi connectivity index (χ1v) is 6.84. The molecule has 90 valence electrons. The SMILES string of the molecule is Cc1cc(Br)c2nc(C)c(C(C)C)c(Cl)c2c1. The van der Waals surface area contributed by atoms with Gasteiger partial charge in [0.25, 0.3) is 0 Å². The predicted octanol–water partition coefficient (Wildman–Crippen LogP) is 5.39. The molecule has 3 heteroatoms. The standard InChI is InChI=1S/C14H15BrClN/c1-7(2)12-9(4)17-14-10(13(12)16)5-8(3)6-11(14)15/h5-7H,1-4H3. The Bertz CT molecular complexity index is 591. The molecule has 0 aliphatic heterocycles. The Morgan fingerprint density at radius 3 is 2.47 bits per heavy atom. The second-order valence-corrected chi connectivity index (χ2v) is 5.95. The zero-order chi connectivity index (χ0) is 12.7. The van der Waals surface area contributed by atoms with Gasteiger partial charge < -0.3 is 0 Å². The van der Waals surface area contributed by atoms with Gasteiger partial charge >= 0.3 is 0 Å². The molecule has 0 aliphatic carbocycles. The maximum absolute atomic E-state index is 6.52. The quantitative estimate of drug-likeness (QED) is 0.688. The van der Waals surface area contributed by atoms with Gasteiger partial charge in [0.1, 0.15) is 0 Å². The van der Waals surface area contributed by atoms with Crippen LogP contribution in [0.2, 0.25) is 5.02 Å². The third kappa shape index (κ3) is 2.21. The molecule has 0 atom stereocenters. The Morgan fingerprint density at radius 1 is 1.24 bits per heavy atom. The van der Waals surface area contributed by atoms with Crippen LogP contribution < -0.4 is 0 Å². The maximum atomic E-state index is 6.52. The van der Waals surface area contributed by atoms with Crippen LogP contribution in [0.1, 0.15) is 36.6 Å². The molecule has 1 aromatic carbocycles. The van der Waals surface area contributed by atoms with Crippen LogP contribution in [-0.4, -0.2) is 4.98 Å². The van der Waals surface area contributed by atoms with Gasteiger partial charge in [-0.2, -0.15) is 0 Å². The van der Waals surface area contributed by atoms with Crippen molar-refractivity contribution in [2.24, 2.45) is 0 Å². The summed E-state index contributed by atoms with van der Waals surface area (Å²) < 4.78 is 1.01. The maximum Gasteiger partial charge on any atom is 0.0862 e. The fourth-order valence-corrected chi connectivity index (χ4v) is 3.38. The van der Waals surface area contributed by atoms with E-state index in [1.165, 1.54) is 5.56 Å². The van der Waals surface area contributed by atoms with Crippen molar-refractivity contribution in [3.63, 3.8) is 0 Å². The molecule has 1 heterocycles. The molecule has 2 rings (SSSR count). The van der Waals surface area contributed by atoms with Crippen LogP contribution in [0.4, 0.5) is 0 Å². The lowest BCUT2D eigenvalue weighted by molar-refractivity contribution is 0.848. The van der Waals surface area contributed by atoms with Gasteiger partial charge in [-0.25, -0.2) is 0 Å². The first-order chi connectivity index (χ1) is 7.91. The summed E-state index contributed by atoms with van der Waals surface area (Å²) in [7, 11) is 0. The minimum absolute atomic E-state index is 0.388. The molecule has 0 aliphatic rings. The van der Waals surface area contributed by atoms with Crippen molar-refractivity contribution in [1.29, 1.82) is 0 Å². The molecular weight excluding hydrogens is 298 g/mol. The normalized spacial score (nSPS) is 11.5. The molecule has 0 fully saturated rings. The van der Waals surface area contributed by atoms with Gasteiger partial charge in [0.05, 0.1) is 10.5 Å². The average Bonchev–Trinajstić information content (AvgIpc) is 2.19. The van der Waals surface area contributed by atoms with Gasteiger partial charge in [0, 0.05) is 15.6 Å². The lowest BCUT2D eigenvalue weighted by Gasteiger charge is -2.15. The Balaban J connectivity index is 2.92. The van der Waals surface area contributed by atoms with Crippen molar-refractivity contribution < 1.29 is 0 Å².